The molecular weight excluding hydrogens is 190 g/mol. The number of nitrogens with zero attached hydrogens (tertiary/aromatic N) is 5. The predicted molar refractivity (Wildman–Crippen MR) is 54.5 cm³/mol. The summed E-state index contributed by atoms with van der Waals surface area (Å²) in [5.74, 6) is 0. The van der Waals surface area contributed by atoms with Gasteiger partial charge in [0.1, 0.15) is 6.33 Å². The number of rotatable bonds is 1. The zero-order valence-corrected chi connectivity index (χ0v) is 7.78. The summed E-state index contributed by atoms with van der Waals surface area (Å²) in [5.41, 5.74) is 1.82. The molecule has 0 atom stereocenters. The van der Waals surface area contributed by atoms with Gasteiger partial charge < -0.3 is 0 Å². The quantitative estimate of drug-likeness (QED) is 0.588. The Morgan fingerprint density at radius 1 is 1.07 bits per heavy atom. The van der Waals surface area contributed by atoms with E-state index in [1.54, 1.807) is 23.4 Å². The van der Waals surface area contributed by atoms with Gasteiger partial charge in [0.2, 0.25) is 0 Å². The maximum Gasteiger partial charge on any atom is 0.116 e. The molecular formula is C10H7N5. The Balaban J connectivity index is 2.22. The van der Waals surface area contributed by atoms with Crippen LogP contribution in [0.3, 0.4) is 0 Å². The maximum absolute atomic E-state index is 4.14. The second-order valence-corrected chi connectivity index (χ2v) is 3.08. The molecule has 3 rings (SSSR count). The van der Waals surface area contributed by atoms with Crippen LogP contribution in [0.2, 0.25) is 0 Å². The number of hydrogen-bond donors (Lipinski definition) is 0. The Labute approximate surface area is 85.4 Å². The van der Waals surface area contributed by atoms with Crippen molar-refractivity contribution < 1.29 is 0 Å². The zero-order chi connectivity index (χ0) is 10.1. The highest BCUT2D eigenvalue weighted by Crippen LogP contribution is 2.13. The third-order valence-corrected chi connectivity index (χ3v) is 2.14. The van der Waals surface area contributed by atoms with E-state index < -0.39 is 0 Å². The minimum absolute atomic E-state index is 0.905. The molecule has 0 saturated heterocycles. The number of fused-ring (bicyclic) bond motifs is 1. The average molecular weight is 197 g/mol. The summed E-state index contributed by atoms with van der Waals surface area (Å²) in [6.07, 6.45) is 6.60. The highest BCUT2D eigenvalue weighted by Gasteiger charge is 1.99. The molecule has 2 aromatic heterocycles. The van der Waals surface area contributed by atoms with Crippen LogP contribution in [0, 0.1) is 0 Å². The van der Waals surface area contributed by atoms with E-state index in [1.165, 1.54) is 6.33 Å². The van der Waals surface area contributed by atoms with Crippen LogP contribution < -0.4 is 0 Å². The van der Waals surface area contributed by atoms with Gasteiger partial charge in [-0.25, -0.2) is 9.97 Å². The molecule has 0 aliphatic carbocycles. The van der Waals surface area contributed by atoms with E-state index in [-0.39, 0.29) is 0 Å². The van der Waals surface area contributed by atoms with Crippen molar-refractivity contribution in [2.75, 3.05) is 0 Å². The standard InChI is InChI=1S/C10H7N5/c1-2-10-8(6-11-7-12-10)5-9(1)15-13-3-4-14-15/h1-7H. The molecule has 5 nitrogen and oxygen atoms in total. The normalized spacial score (nSPS) is 10.7. The smallest absolute Gasteiger partial charge is 0.116 e. The molecule has 0 amide bonds. The molecule has 0 unspecified atom stereocenters. The minimum atomic E-state index is 0.905. The van der Waals surface area contributed by atoms with Gasteiger partial charge in [0, 0.05) is 11.6 Å². The summed E-state index contributed by atoms with van der Waals surface area (Å²) in [5, 5.41) is 9.10. The molecule has 2 heterocycles. The summed E-state index contributed by atoms with van der Waals surface area (Å²) in [4.78, 5) is 9.68. The lowest BCUT2D eigenvalue weighted by atomic mass is 10.2. The first kappa shape index (κ1) is 8.05. The first-order valence-corrected chi connectivity index (χ1v) is 4.50. The molecule has 3 aromatic rings. The van der Waals surface area contributed by atoms with Crippen LogP contribution in [0.25, 0.3) is 16.6 Å². The second-order valence-electron chi connectivity index (χ2n) is 3.08. The SMILES string of the molecule is c1ncc2cc(-n3nccn3)ccc2n1. The van der Waals surface area contributed by atoms with E-state index in [0.717, 1.165) is 16.6 Å². The van der Waals surface area contributed by atoms with Gasteiger partial charge in [0.05, 0.1) is 23.6 Å². The maximum atomic E-state index is 4.14. The fraction of sp³-hybridized carbons (Fsp3) is 0. The topological polar surface area (TPSA) is 56.5 Å². The monoisotopic (exact) mass is 197 g/mol. The van der Waals surface area contributed by atoms with Crippen molar-refractivity contribution in [2.45, 2.75) is 0 Å². The van der Waals surface area contributed by atoms with E-state index in [4.69, 9.17) is 0 Å². The molecule has 0 spiro atoms. The molecule has 0 bridgehead atoms. The van der Waals surface area contributed by atoms with Crippen LogP contribution in [-0.2, 0) is 0 Å². The van der Waals surface area contributed by atoms with Gasteiger partial charge in [-0.3, -0.25) is 0 Å². The zero-order valence-electron chi connectivity index (χ0n) is 7.78. The number of hydrogen-bond acceptors (Lipinski definition) is 4. The summed E-state index contributed by atoms with van der Waals surface area (Å²) in [6.45, 7) is 0. The fourth-order valence-electron chi connectivity index (χ4n) is 1.45. The van der Waals surface area contributed by atoms with Gasteiger partial charge in [-0.1, -0.05) is 0 Å². The lowest BCUT2D eigenvalue weighted by Crippen LogP contribution is -1.98. The van der Waals surface area contributed by atoms with Crippen molar-refractivity contribution in [2.24, 2.45) is 0 Å². The summed E-state index contributed by atoms with van der Waals surface area (Å²) in [7, 11) is 0. The van der Waals surface area contributed by atoms with Crippen LogP contribution in [-0.4, -0.2) is 25.0 Å². The van der Waals surface area contributed by atoms with Crippen LogP contribution in [0.1, 0.15) is 0 Å². The molecule has 1 aromatic carbocycles. The lowest BCUT2D eigenvalue weighted by Gasteiger charge is -2.00. The van der Waals surface area contributed by atoms with Crippen molar-refractivity contribution in [3.8, 4) is 5.69 Å². The van der Waals surface area contributed by atoms with Crippen LogP contribution in [0.15, 0.2) is 43.1 Å². The van der Waals surface area contributed by atoms with Crippen molar-refractivity contribution in [1.29, 1.82) is 0 Å². The number of benzene rings is 1. The molecule has 0 aliphatic rings. The number of aromatic nitrogens is 5. The largest absolute Gasteiger partial charge is 0.244 e. The molecule has 0 radical (unpaired) electrons. The lowest BCUT2D eigenvalue weighted by molar-refractivity contribution is 0.753. The van der Waals surface area contributed by atoms with Crippen LogP contribution in [0.4, 0.5) is 0 Å². The van der Waals surface area contributed by atoms with Crippen LogP contribution >= 0.6 is 0 Å². The first-order chi connectivity index (χ1) is 7.43. The van der Waals surface area contributed by atoms with Crippen molar-refractivity contribution in [3.05, 3.63) is 43.1 Å². The summed E-state index contributed by atoms with van der Waals surface area (Å²) >= 11 is 0. The molecule has 0 aliphatic heterocycles. The van der Waals surface area contributed by atoms with Gasteiger partial charge in [-0.15, -0.1) is 0 Å². The Hall–Kier alpha value is -2.30. The van der Waals surface area contributed by atoms with Gasteiger partial charge >= 0.3 is 0 Å². The second kappa shape index (κ2) is 3.13. The summed E-state index contributed by atoms with van der Waals surface area (Å²) in [6, 6.07) is 5.81. The molecule has 5 heteroatoms. The molecule has 0 saturated carbocycles. The minimum Gasteiger partial charge on any atom is -0.244 e. The van der Waals surface area contributed by atoms with Crippen LogP contribution in [0.5, 0.6) is 0 Å². The van der Waals surface area contributed by atoms with Crippen molar-refractivity contribution >= 4 is 10.9 Å². The first-order valence-electron chi connectivity index (χ1n) is 4.50. The van der Waals surface area contributed by atoms with E-state index in [9.17, 15) is 0 Å². The summed E-state index contributed by atoms with van der Waals surface area (Å²) < 4.78 is 0. The Kier molecular flexibility index (Phi) is 1.68. The van der Waals surface area contributed by atoms with Crippen molar-refractivity contribution in [3.63, 3.8) is 0 Å². The Morgan fingerprint density at radius 3 is 2.80 bits per heavy atom. The van der Waals surface area contributed by atoms with E-state index >= 15 is 0 Å². The average Bonchev–Trinajstić information content (AvgIpc) is 2.82. The third-order valence-electron chi connectivity index (χ3n) is 2.14. The highest BCUT2D eigenvalue weighted by atomic mass is 15.5. The van der Waals surface area contributed by atoms with E-state index in [0.29, 0.717) is 0 Å². The molecule has 72 valence electrons. The van der Waals surface area contributed by atoms with E-state index in [1.807, 2.05) is 18.2 Å². The Morgan fingerprint density at radius 2 is 1.93 bits per heavy atom. The predicted octanol–water partition coefficient (Wildman–Crippen LogP) is 1.21. The molecule has 15 heavy (non-hydrogen) atoms. The van der Waals surface area contributed by atoms with Gasteiger partial charge in [-0.2, -0.15) is 15.0 Å². The molecule has 0 fully saturated rings. The third kappa shape index (κ3) is 1.34. The fourth-order valence-corrected chi connectivity index (χ4v) is 1.45. The Bertz CT molecular complexity index is 588. The van der Waals surface area contributed by atoms with Gasteiger partial charge in [0.25, 0.3) is 0 Å². The van der Waals surface area contributed by atoms with Crippen molar-refractivity contribution in [1.82, 2.24) is 25.0 Å². The van der Waals surface area contributed by atoms with E-state index in [2.05, 4.69) is 20.2 Å². The highest BCUT2D eigenvalue weighted by molar-refractivity contribution is 5.79. The van der Waals surface area contributed by atoms with Gasteiger partial charge in [0.15, 0.2) is 0 Å². The molecule has 0 N–H and O–H groups in total. The van der Waals surface area contributed by atoms with Gasteiger partial charge in [-0.05, 0) is 18.2 Å².